The van der Waals surface area contributed by atoms with Gasteiger partial charge in [0.1, 0.15) is 0 Å². The molecule has 0 spiro atoms. The number of hydrogen-bond donors (Lipinski definition) is 1. The average Bonchev–Trinajstić information content (AvgIpc) is 2.65. The van der Waals surface area contributed by atoms with Gasteiger partial charge in [-0.05, 0) is 38.4 Å². The van der Waals surface area contributed by atoms with Crippen molar-refractivity contribution < 1.29 is 0 Å². The molecule has 0 bridgehead atoms. The van der Waals surface area contributed by atoms with Crippen LogP contribution >= 0.6 is 11.8 Å². The molecule has 0 aromatic rings. The summed E-state index contributed by atoms with van der Waals surface area (Å²) in [5.41, 5.74) is 0. The smallest absolute Gasteiger partial charge is 0.00805 e. The van der Waals surface area contributed by atoms with E-state index in [1.807, 2.05) is 11.8 Å². The predicted octanol–water partition coefficient (Wildman–Crippen LogP) is 3.44. The molecule has 0 aromatic carbocycles. The molecule has 0 saturated heterocycles. The Morgan fingerprint density at radius 3 is 2.64 bits per heavy atom. The van der Waals surface area contributed by atoms with Crippen molar-refractivity contribution in [3.8, 4) is 0 Å². The van der Waals surface area contributed by atoms with Crippen LogP contribution in [0.15, 0.2) is 0 Å². The second-order valence-corrected chi connectivity index (χ2v) is 5.57. The Morgan fingerprint density at radius 2 is 2.14 bits per heavy atom. The van der Waals surface area contributed by atoms with E-state index in [9.17, 15) is 0 Å². The van der Waals surface area contributed by atoms with Gasteiger partial charge in [0.25, 0.3) is 0 Å². The SMILES string of the molecule is CCCC(CC)NC1CCC(SC)C1. The molecule has 0 aromatic heterocycles. The van der Waals surface area contributed by atoms with E-state index in [4.69, 9.17) is 0 Å². The van der Waals surface area contributed by atoms with Crippen molar-refractivity contribution in [2.24, 2.45) is 0 Å². The zero-order valence-corrected chi connectivity index (χ0v) is 10.7. The van der Waals surface area contributed by atoms with Crippen molar-refractivity contribution in [2.75, 3.05) is 6.26 Å². The highest BCUT2D eigenvalue weighted by atomic mass is 32.2. The van der Waals surface area contributed by atoms with Gasteiger partial charge in [0.2, 0.25) is 0 Å². The van der Waals surface area contributed by atoms with E-state index in [0.29, 0.717) is 0 Å². The third kappa shape index (κ3) is 3.82. The molecule has 3 atom stereocenters. The van der Waals surface area contributed by atoms with Crippen LogP contribution in [0.2, 0.25) is 0 Å². The molecule has 0 aliphatic heterocycles. The molecule has 1 aliphatic carbocycles. The molecule has 1 nitrogen and oxygen atoms in total. The van der Waals surface area contributed by atoms with Gasteiger partial charge in [-0.1, -0.05) is 20.3 Å². The van der Waals surface area contributed by atoms with Crippen molar-refractivity contribution in [1.82, 2.24) is 5.32 Å². The average molecular weight is 215 g/mol. The molecule has 2 heteroatoms. The quantitative estimate of drug-likeness (QED) is 0.728. The van der Waals surface area contributed by atoms with Crippen LogP contribution in [0.3, 0.4) is 0 Å². The van der Waals surface area contributed by atoms with Crippen LogP contribution in [-0.4, -0.2) is 23.6 Å². The van der Waals surface area contributed by atoms with E-state index in [2.05, 4.69) is 25.4 Å². The van der Waals surface area contributed by atoms with Crippen LogP contribution in [0.4, 0.5) is 0 Å². The zero-order chi connectivity index (χ0) is 10.4. The second kappa shape index (κ2) is 6.73. The minimum Gasteiger partial charge on any atom is -0.311 e. The van der Waals surface area contributed by atoms with E-state index in [1.54, 1.807) is 0 Å². The highest BCUT2D eigenvalue weighted by Gasteiger charge is 2.24. The summed E-state index contributed by atoms with van der Waals surface area (Å²) in [6, 6.07) is 1.58. The van der Waals surface area contributed by atoms with Crippen LogP contribution in [-0.2, 0) is 0 Å². The van der Waals surface area contributed by atoms with Gasteiger partial charge in [-0.2, -0.15) is 11.8 Å². The first-order chi connectivity index (χ1) is 6.80. The molecular formula is C12H25NS. The minimum absolute atomic E-state index is 0.769. The van der Waals surface area contributed by atoms with E-state index < -0.39 is 0 Å². The van der Waals surface area contributed by atoms with Gasteiger partial charge in [-0.25, -0.2) is 0 Å². The first kappa shape index (κ1) is 12.4. The topological polar surface area (TPSA) is 12.0 Å². The maximum absolute atomic E-state index is 3.82. The molecule has 1 fully saturated rings. The maximum atomic E-state index is 3.82. The van der Waals surface area contributed by atoms with Crippen LogP contribution in [0.25, 0.3) is 0 Å². The largest absolute Gasteiger partial charge is 0.311 e. The molecule has 1 N–H and O–H groups in total. The predicted molar refractivity (Wildman–Crippen MR) is 67.1 cm³/mol. The number of hydrogen-bond acceptors (Lipinski definition) is 2. The minimum atomic E-state index is 0.769. The summed E-state index contributed by atoms with van der Waals surface area (Å²) in [7, 11) is 0. The third-order valence-corrected chi connectivity index (χ3v) is 4.41. The van der Waals surface area contributed by atoms with Crippen LogP contribution in [0.1, 0.15) is 52.4 Å². The summed E-state index contributed by atoms with van der Waals surface area (Å²) in [6.45, 7) is 4.58. The monoisotopic (exact) mass is 215 g/mol. The molecule has 3 unspecified atom stereocenters. The summed E-state index contributed by atoms with van der Waals surface area (Å²) < 4.78 is 0. The first-order valence-electron chi connectivity index (χ1n) is 6.09. The fourth-order valence-corrected chi connectivity index (χ4v) is 3.19. The molecule has 84 valence electrons. The van der Waals surface area contributed by atoms with Gasteiger partial charge in [-0.15, -0.1) is 0 Å². The van der Waals surface area contributed by atoms with Gasteiger partial charge >= 0.3 is 0 Å². The number of rotatable bonds is 6. The summed E-state index contributed by atoms with van der Waals surface area (Å²) in [6.07, 6.45) is 10.4. The summed E-state index contributed by atoms with van der Waals surface area (Å²) in [4.78, 5) is 0. The van der Waals surface area contributed by atoms with E-state index in [-0.39, 0.29) is 0 Å². The van der Waals surface area contributed by atoms with E-state index in [1.165, 1.54) is 38.5 Å². The highest BCUT2D eigenvalue weighted by Crippen LogP contribution is 2.28. The maximum Gasteiger partial charge on any atom is 0.00805 e. The lowest BCUT2D eigenvalue weighted by atomic mass is 10.1. The van der Waals surface area contributed by atoms with Crippen molar-refractivity contribution in [2.45, 2.75) is 69.7 Å². The standard InChI is InChI=1S/C12H25NS/c1-4-6-10(5-2)13-11-7-8-12(9-11)14-3/h10-13H,4-9H2,1-3H3. The van der Waals surface area contributed by atoms with Crippen molar-refractivity contribution in [3.05, 3.63) is 0 Å². The lowest BCUT2D eigenvalue weighted by Gasteiger charge is -2.21. The van der Waals surface area contributed by atoms with Crippen LogP contribution < -0.4 is 5.32 Å². The van der Waals surface area contributed by atoms with Gasteiger partial charge in [0, 0.05) is 17.3 Å². The lowest BCUT2D eigenvalue weighted by Crippen LogP contribution is -2.36. The van der Waals surface area contributed by atoms with E-state index >= 15 is 0 Å². The summed E-state index contributed by atoms with van der Waals surface area (Å²) in [5, 5.41) is 4.74. The Kier molecular flexibility index (Phi) is 5.95. The van der Waals surface area contributed by atoms with Crippen LogP contribution in [0, 0.1) is 0 Å². The fourth-order valence-electron chi connectivity index (χ4n) is 2.39. The Balaban J connectivity index is 2.22. The van der Waals surface area contributed by atoms with Gasteiger partial charge in [-0.3, -0.25) is 0 Å². The molecule has 0 radical (unpaired) electrons. The Labute approximate surface area is 93.4 Å². The second-order valence-electron chi connectivity index (χ2n) is 4.43. The molecule has 1 aliphatic rings. The Hall–Kier alpha value is 0.310. The third-order valence-electron chi connectivity index (χ3n) is 3.32. The summed E-state index contributed by atoms with van der Waals surface area (Å²) >= 11 is 2.04. The molecule has 0 amide bonds. The van der Waals surface area contributed by atoms with Gasteiger partial charge < -0.3 is 5.32 Å². The first-order valence-corrected chi connectivity index (χ1v) is 7.37. The van der Waals surface area contributed by atoms with E-state index in [0.717, 1.165) is 17.3 Å². The lowest BCUT2D eigenvalue weighted by molar-refractivity contribution is 0.399. The molecular weight excluding hydrogens is 190 g/mol. The van der Waals surface area contributed by atoms with Crippen molar-refractivity contribution >= 4 is 11.8 Å². The molecule has 14 heavy (non-hydrogen) atoms. The van der Waals surface area contributed by atoms with Crippen LogP contribution in [0.5, 0.6) is 0 Å². The normalized spacial score (nSPS) is 29.4. The Morgan fingerprint density at radius 1 is 1.36 bits per heavy atom. The highest BCUT2D eigenvalue weighted by molar-refractivity contribution is 7.99. The summed E-state index contributed by atoms with van der Waals surface area (Å²) in [5.74, 6) is 0. The molecule has 1 rings (SSSR count). The zero-order valence-electron chi connectivity index (χ0n) is 9.88. The van der Waals surface area contributed by atoms with Gasteiger partial charge in [0.15, 0.2) is 0 Å². The van der Waals surface area contributed by atoms with Crippen molar-refractivity contribution in [1.29, 1.82) is 0 Å². The number of nitrogens with one attached hydrogen (secondary N) is 1. The molecule has 1 saturated carbocycles. The Bertz CT molecular complexity index is 149. The number of thioether (sulfide) groups is 1. The van der Waals surface area contributed by atoms with Gasteiger partial charge in [0.05, 0.1) is 0 Å². The van der Waals surface area contributed by atoms with Crippen molar-refractivity contribution in [3.63, 3.8) is 0 Å². The fraction of sp³-hybridized carbons (Fsp3) is 1.00. The molecule has 0 heterocycles.